The van der Waals surface area contributed by atoms with E-state index in [0.717, 1.165) is 32.4 Å². The van der Waals surface area contributed by atoms with E-state index in [9.17, 15) is 0 Å². The molecular weight excluding hydrogens is 328 g/mol. The lowest BCUT2D eigenvalue weighted by Crippen LogP contribution is -1.85. The quantitative estimate of drug-likeness (QED) is 0.644. The summed E-state index contributed by atoms with van der Waals surface area (Å²) in [5.74, 6) is 0.836. The number of aromatic nitrogens is 1. The van der Waals surface area contributed by atoms with Crippen LogP contribution in [-0.4, -0.2) is 18.3 Å². The van der Waals surface area contributed by atoms with Gasteiger partial charge in [-0.25, -0.2) is 0 Å². The number of pyridine rings is 1. The van der Waals surface area contributed by atoms with Crippen molar-refractivity contribution in [1.82, 2.24) is 4.98 Å². The van der Waals surface area contributed by atoms with E-state index in [1.807, 2.05) is 54.7 Å². The molecule has 1 heterocycles. The van der Waals surface area contributed by atoms with Crippen LogP contribution in [-0.2, 0) is 0 Å². The van der Waals surface area contributed by atoms with Crippen LogP contribution < -0.4 is 4.74 Å². The number of hydrogen-bond acceptors (Lipinski definition) is 3. The second-order valence-electron chi connectivity index (χ2n) is 4.50. The van der Waals surface area contributed by atoms with E-state index in [2.05, 4.69) is 25.9 Å². The van der Waals surface area contributed by atoms with Crippen LogP contribution in [0.25, 0.3) is 10.9 Å². The van der Waals surface area contributed by atoms with Crippen LogP contribution in [0.3, 0.4) is 0 Å². The molecule has 0 aliphatic carbocycles. The first-order chi connectivity index (χ1) is 10.3. The molecule has 0 radical (unpaired) electrons. The fourth-order valence-corrected chi connectivity index (χ4v) is 2.51. The molecule has 0 saturated heterocycles. The number of ether oxygens (including phenoxy) is 1. The van der Waals surface area contributed by atoms with Crippen LogP contribution in [0, 0.1) is 0 Å². The number of rotatable bonds is 3. The van der Waals surface area contributed by atoms with E-state index in [0.29, 0.717) is 0 Å². The molecule has 3 aromatic rings. The van der Waals surface area contributed by atoms with Crippen LogP contribution in [0.4, 0.5) is 5.69 Å². The van der Waals surface area contributed by atoms with Gasteiger partial charge in [0.15, 0.2) is 0 Å². The predicted molar refractivity (Wildman–Crippen MR) is 89.7 cm³/mol. The molecule has 0 unspecified atom stereocenters. The predicted octanol–water partition coefficient (Wildman–Crippen LogP) is 4.76. The van der Waals surface area contributed by atoms with Gasteiger partial charge < -0.3 is 4.74 Å². The van der Waals surface area contributed by atoms with E-state index < -0.39 is 0 Å². The van der Waals surface area contributed by atoms with Crippen molar-refractivity contribution in [3.05, 3.63) is 64.8 Å². The van der Waals surface area contributed by atoms with Crippen molar-refractivity contribution >= 4 is 38.7 Å². The van der Waals surface area contributed by atoms with E-state index in [4.69, 9.17) is 4.74 Å². The van der Waals surface area contributed by atoms with Crippen LogP contribution in [0.1, 0.15) is 5.56 Å². The molecule has 3 rings (SSSR count). The fourth-order valence-electron chi connectivity index (χ4n) is 2.06. The Balaban J connectivity index is 1.97. The maximum Gasteiger partial charge on any atom is 0.118 e. The molecule has 0 amide bonds. The van der Waals surface area contributed by atoms with Gasteiger partial charge in [0.05, 0.1) is 18.3 Å². The molecule has 0 aliphatic heterocycles. The highest BCUT2D eigenvalue weighted by Crippen LogP contribution is 2.30. The molecule has 104 valence electrons. The van der Waals surface area contributed by atoms with E-state index >= 15 is 0 Å². The molecule has 0 N–H and O–H groups in total. The number of hydrogen-bond donors (Lipinski definition) is 0. The molecule has 1 aromatic heterocycles. The topological polar surface area (TPSA) is 34.5 Å². The largest absolute Gasteiger partial charge is 0.497 e. The SMILES string of the molecule is COc1ccc(C=Nc2ccc(Br)c3cccnc23)cc1. The van der Waals surface area contributed by atoms with Gasteiger partial charge in [-0.05, 0) is 48.0 Å². The second-order valence-corrected chi connectivity index (χ2v) is 5.35. The van der Waals surface area contributed by atoms with Crippen molar-refractivity contribution in [2.75, 3.05) is 7.11 Å². The smallest absolute Gasteiger partial charge is 0.118 e. The molecule has 2 aromatic carbocycles. The van der Waals surface area contributed by atoms with Crippen molar-refractivity contribution in [3.63, 3.8) is 0 Å². The Bertz CT molecular complexity index is 797. The molecular formula is C17H13BrN2O. The summed E-state index contributed by atoms with van der Waals surface area (Å²) < 4.78 is 6.17. The third-order valence-corrected chi connectivity index (χ3v) is 3.86. The van der Waals surface area contributed by atoms with Gasteiger partial charge in [-0.3, -0.25) is 9.98 Å². The molecule has 21 heavy (non-hydrogen) atoms. The third-order valence-electron chi connectivity index (χ3n) is 3.16. The highest BCUT2D eigenvalue weighted by atomic mass is 79.9. The van der Waals surface area contributed by atoms with Crippen molar-refractivity contribution < 1.29 is 4.74 Å². The number of benzene rings is 2. The van der Waals surface area contributed by atoms with Crippen LogP contribution in [0.5, 0.6) is 5.75 Å². The van der Waals surface area contributed by atoms with Gasteiger partial charge in [0.25, 0.3) is 0 Å². The fraction of sp³-hybridized carbons (Fsp3) is 0.0588. The van der Waals surface area contributed by atoms with Crippen molar-refractivity contribution in [3.8, 4) is 5.75 Å². The zero-order valence-corrected chi connectivity index (χ0v) is 13.0. The van der Waals surface area contributed by atoms with Gasteiger partial charge in [0.2, 0.25) is 0 Å². The van der Waals surface area contributed by atoms with E-state index in [1.165, 1.54) is 0 Å². The van der Waals surface area contributed by atoms with Gasteiger partial charge in [0, 0.05) is 22.3 Å². The number of nitrogens with zero attached hydrogens (tertiary/aromatic N) is 2. The minimum Gasteiger partial charge on any atom is -0.497 e. The molecule has 3 nitrogen and oxygen atoms in total. The lowest BCUT2D eigenvalue weighted by Gasteiger charge is -2.03. The first-order valence-electron chi connectivity index (χ1n) is 6.49. The summed E-state index contributed by atoms with van der Waals surface area (Å²) in [5.41, 5.74) is 2.75. The molecule has 0 fully saturated rings. The zero-order valence-electron chi connectivity index (χ0n) is 11.5. The highest BCUT2D eigenvalue weighted by Gasteiger charge is 2.03. The van der Waals surface area contributed by atoms with Gasteiger partial charge in [0.1, 0.15) is 5.75 Å². The number of aliphatic imine (C=N–C) groups is 1. The van der Waals surface area contributed by atoms with Crippen molar-refractivity contribution in [2.24, 2.45) is 4.99 Å². The van der Waals surface area contributed by atoms with Gasteiger partial charge in [-0.15, -0.1) is 0 Å². The van der Waals surface area contributed by atoms with Crippen LogP contribution >= 0.6 is 15.9 Å². The van der Waals surface area contributed by atoms with E-state index in [1.54, 1.807) is 13.3 Å². The van der Waals surface area contributed by atoms with Crippen LogP contribution in [0.15, 0.2) is 64.2 Å². The normalized spacial score (nSPS) is 11.1. The molecule has 0 bridgehead atoms. The summed E-state index contributed by atoms with van der Waals surface area (Å²) in [6.45, 7) is 0. The monoisotopic (exact) mass is 340 g/mol. The van der Waals surface area contributed by atoms with Gasteiger partial charge >= 0.3 is 0 Å². The standard InChI is InChI=1S/C17H13BrN2O/c1-21-13-6-4-12(5-7-13)11-20-16-9-8-15(18)14-3-2-10-19-17(14)16/h2-11H,1H3. The highest BCUT2D eigenvalue weighted by molar-refractivity contribution is 9.10. The Hall–Kier alpha value is -2.20. The van der Waals surface area contributed by atoms with Gasteiger partial charge in [-0.1, -0.05) is 22.0 Å². The first-order valence-corrected chi connectivity index (χ1v) is 7.28. The van der Waals surface area contributed by atoms with Crippen molar-refractivity contribution in [1.29, 1.82) is 0 Å². The maximum atomic E-state index is 5.14. The minimum atomic E-state index is 0.836. The average Bonchev–Trinajstić information content (AvgIpc) is 2.55. The summed E-state index contributed by atoms with van der Waals surface area (Å²) in [5, 5.41) is 1.06. The Morgan fingerprint density at radius 2 is 1.90 bits per heavy atom. The lowest BCUT2D eigenvalue weighted by atomic mass is 10.2. The molecule has 4 heteroatoms. The van der Waals surface area contributed by atoms with Gasteiger partial charge in [-0.2, -0.15) is 0 Å². The lowest BCUT2D eigenvalue weighted by molar-refractivity contribution is 0.415. The Labute approximate surface area is 131 Å². The van der Waals surface area contributed by atoms with E-state index in [-0.39, 0.29) is 0 Å². The molecule has 0 atom stereocenters. The number of halogens is 1. The third kappa shape index (κ3) is 2.95. The summed E-state index contributed by atoms with van der Waals surface area (Å²) in [6.07, 6.45) is 3.61. The number of fused-ring (bicyclic) bond motifs is 1. The Kier molecular flexibility index (Phi) is 3.97. The summed E-state index contributed by atoms with van der Waals surface area (Å²) in [4.78, 5) is 8.97. The average molecular weight is 341 g/mol. The molecule has 0 spiro atoms. The first kappa shape index (κ1) is 13.8. The Morgan fingerprint density at radius 3 is 2.67 bits per heavy atom. The summed E-state index contributed by atoms with van der Waals surface area (Å²) in [6, 6.07) is 15.7. The Morgan fingerprint density at radius 1 is 1.10 bits per heavy atom. The van der Waals surface area contributed by atoms with Crippen molar-refractivity contribution in [2.45, 2.75) is 0 Å². The second kappa shape index (κ2) is 6.06. The zero-order chi connectivity index (χ0) is 14.7. The molecule has 0 aliphatic rings. The van der Waals surface area contributed by atoms with Crippen LogP contribution in [0.2, 0.25) is 0 Å². The minimum absolute atomic E-state index is 0.836. The molecule has 0 saturated carbocycles. The summed E-state index contributed by atoms with van der Waals surface area (Å²) >= 11 is 3.54. The maximum absolute atomic E-state index is 5.14. The number of methoxy groups -OCH3 is 1. The summed E-state index contributed by atoms with van der Waals surface area (Å²) in [7, 11) is 1.66.